The number of hydrogen-bond donors (Lipinski definition) is 1. The SMILES string of the molecule is CCCNC(C)(C#N)CCCSc1nc(C)co1. The maximum atomic E-state index is 9.18. The van der Waals surface area contributed by atoms with Crippen LogP contribution in [-0.4, -0.2) is 22.8 Å². The average Bonchev–Trinajstić information content (AvgIpc) is 2.78. The molecule has 0 aromatic carbocycles. The van der Waals surface area contributed by atoms with E-state index < -0.39 is 5.54 Å². The molecule has 5 heteroatoms. The van der Waals surface area contributed by atoms with E-state index in [-0.39, 0.29) is 0 Å². The minimum absolute atomic E-state index is 0.414. The molecule has 1 atom stereocenters. The Kier molecular flexibility index (Phi) is 6.23. The number of thioether (sulfide) groups is 1. The van der Waals surface area contributed by atoms with Crippen LogP contribution >= 0.6 is 11.8 Å². The quantitative estimate of drug-likeness (QED) is 0.579. The molecular weight excluding hydrogens is 246 g/mol. The van der Waals surface area contributed by atoms with Crippen LogP contribution in [0.3, 0.4) is 0 Å². The summed E-state index contributed by atoms with van der Waals surface area (Å²) in [5.41, 5.74) is 0.493. The van der Waals surface area contributed by atoms with Gasteiger partial charge in [-0.2, -0.15) is 5.26 Å². The lowest BCUT2D eigenvalue weighted by molar-refractivity contribution is 0.415. The molecule has 18 heavy (non-hydrogen) atoms. The lowest BCUT2D eigenvalue weighted by Gasteiger charge is -2.22. The minimum atomic E-state index is -0.414. The van der Waals surface area contributed by atoms with Crippen molar-refractivity contribution < 1.29 is 4.42 Å². The third-order valence-corrected chi connectivity index (χ3v) is 3.58. The Morgan fingerprint density at radius 1 is 1.61 bits per heavy atom. The third-order valence-electron chi connectivity index (χ3n) is 2.66. The number of aryl methyl sites for hydroxylation is 1. The van der Waals surface area contributed by atoms with E-state index >= 15 is 0 Å². The topological polar surface area (TPSA) is 61.9 Å². The van der Waals surface area contributed by atoms with Crippen LogP contribution in [0.15, 0.2) is 15.9 Å². The fourth-order valence-corrected chi connectivity index (χ4v) is 2.36. The molecule has 1 heterocycles. The molecule has 1 unspecified atom stereocenters. The highest BCUT2D eigenvalue weighted by Crippen LogP contribution is 2.20. The van der Waals surface area contributed by atoms with E-state index in [4.69, 9.17) is 4.42 Å². The summed E-state index contributed by atoms with van der Waals surface area (Å²) in [6.45, 7) is 6.86. The summed E-state index contributed by atoms with van der Waals surface area (Å²) < 4.78 is 5.26. The largest absolute Gasteiger partial charge is 0.440 e. The maximum absolute atomic E-state index is 9.18. The van der Waals surface area contributed by atoms with Crippen LogP contribution in [0.25, 0.3) is 0 Å². The van der Waals surface area contributed by atoms with Crippen molar-refractivity contribution >= 4 is 11.8 Å². The molecule has 1 aromatic rings. The fourth-order valence-electron chi connectivity index (χ4n) is 1.57. The Morgan fingerprint density at radius 3 is 2.94 bits per heavy atom. The Morgan fingerprint density at radius 2 is 2.39 bits per heavy atom. The van der Waals surface area contributed by atoms with Crippen molar-refractivity contribution in [2.24, 2.45) is 0 Å². The number of rotatable bonds is 8. The van der Waals surface area contributed by atoms with Crippen molar-refractivity contribution in [2.45, 2.75) is 50.8 Å². The summed E-state index contributed by atoms with van der Waals surface area (Å²) in [7, 11) is 0. The molecule has 0 spiro atoms. The first-order chi connectivity index (χ1) is 8.59. The lowest BCUT2D eigenvalue weighted by Crippen LogP contribution is -2.41. The van der Waals surface area contributed by atoms with E-state index in [9.17, 15) is 5.26 Å². The van der Waals surface area contributed by atoms with Gasteiger partial charge >= 0.3 is 0 Å². The van der Waals surface area contributed by atoms with Crippen molar-refractivity contribution in [3.05, 3.63) is 12.0 Å². The van der Waals surface area contributed by atoms with Crippen LogP contribution < -0.4 is 5.32 Å². The second kappa shape index (κ2) is 7.45. The highest BCUT2D eigenvalue weighted by atomic mass is 32.2. The van der Waals surface area contributed by atoms with Crippen LogP contribution in [0.5, 0.6) is 0 Å². The first-order valence-electron chi connectivity index (χ1n) is 6.31. The van der Waals surface area contributed by atoms with Crippen LogP contribution in [0.4, 0.5) is 0 Å². The number of aromatic nitrogens is 1. The molecule has 0 aliphatic carbocycles. The van der Waals surface area contributed by atoms with Gasteiger partial charge in [0.2, 0.25) is 0 Å². The predicted molar refractivity (Wildman–Crippen MR) is 73.5 cm³/mol. The standard InChI is InChI=1S/C13H21N3OS/c1-4-7-15-13(3,10-14)6-5-8-18-12-16-11(2)9-17-12/h9,15H,4-8H2,1-3H3. The van der Waals surface area contributed by atoms with Crippen molar-refractivity contribution in [1.82, 2.24) is 10.3 Å². The predicted octanol–water partition coefficient (Wildman–Crippen LogP) is 3.14. The van der Waals surface area contributed by atoms with Gasteiger partial charge in [-0.1, -0.05) is 18.7 Å². The van der Waals surface area contributed by atoms with E-state index in [1.54, 1.807) is 18.0 Å². The molecule has 0 fully saturated rings. The average molecular weight is 267 g/mol. The van der Waals surface area contributed by atoms with Gasteiger partial charge in [0.1, 0.15) is 11.8 Å². The molecule has 0 saturated carbocycles. The number of hydrogen-bond acceptors (Lipinski definition) is 5. The third kappa shape index (κ3) is 5.11. The zero-order valence-electron chi connectivity index (χ0n) is 11.3. The molecule has 4 nitrogen and oxygen atoms in total. The smallest absolute Gasteiger partial charge is 0.255 e. The van der Waals surface area contributed by atoms with E-state index in [0.717, 1.165) is 37.3 Å². The molecule has 0 aliphatic heterocycles. The van der Waals surface area contributed by atoms with Gasteiger partial charge in [0, 0.05) is 5.75 Å². The molecule has 0 amide bonds. The zero-order chi connectivity index (χ0) is 13.4. The molecule has 0 radical (unpaired) electrons. The van der Waals surface area contributed by atoms with E-state index in [0.29, 0.717) is 5.22 Å². The Hall–Kier alpha value is -0.990. The van der Waals surface area contributed by atoms with Gasteiger partial charge in [-0.3, -0.25) is 5.32 Å². The highest BCUT2D eigenvalue weighted by Gasteiger charge is 2.21. The molecule has 1 N–H and O–H groups in total. The van der Waals surface area contributed by atoms with Gasteiger partial charge in [0.15, 0.2) is 0 Å². The molecule has 0 aliphatic rings. The van der Waals surface area contributed by atoms with Crippen LogP contribution in [0.1, 0.15) is 38.8 Å². The monoisotopic (exact) mass is 267 g/mol. The highest BCUT2D eigenvalue weighted by molar-refractivity contribution is 7.99. The Balaban J connectivity index is 2.25. The van der Waals surface area contributed by atoms with Crippen molar-refractivity contribution in [3.8, 4) is 6.07 Å². The second-order valence-corrected chi connectivity index (χ2v) is 5.62. The summed E-state index contributed by atoms with van der Waals surface area (Å²) >= 11 is 1.60. The van der Waals surface area contributed by atoms with E-state index in [1.807, 2.05) is 13.8 Å². The zero-order valence-corrected chi connectivity index (χ0v) is 12.1. The molecule has 0 bridgehead atoms. The summed E-state index contributed by atoms with van der Waals surface area (Å²) in [5, 5.41) is 13.2. The Labute approximate surface area is 113 Å². The van der Waals surface area contributed by atoms with Gasteiger partial charge in [-0.05, 0) is 39.7 Å². The van der Waals surface area contributed by atoms with Gasteiger partial charge in [0.05, 0.1) is 11.8 Å². The molecular formula is C13H21N3OS. The molecule has 0 saturated heterocycles. The minimum Gasteiger partial charge on any atom is -0.440 e. The van der Waals surface area contributed by atoms with Gasteiger partial charge in [0.25, 0.3) is 5.22 Å². The molecule has 1 aromatic heterocycles. The summed E-state index contributed by atoms with van der Waals surface area (Å²) in [6, 6.07) is 2.36. The van der Waals surface area contributed by atoms with E-state index in [2.05, 4.69) is 23.3 Å². The maximum Gasteiger partial charge on any atom is 0.255 e. The number of oxazole rings is 1. The fraction of sp³-hybridized carbons (Fsp3) is 0.692. The normalized spacial score (nSPS) is 14.1. The molecule has 1 rings (SSSR count). The first kappa shape index (κ1) is 15.1. The summed E-state index contributed by atoms with van der Waals surface area (Å²) in [5.74, 6) is 0.922. The Bertz CT molecular complexity index is 399. The van der Waals surface area contributed by atoms with Gasteiger partial charge in [-0.15, -0.1) is 0 Å². The van der Waals surface area contributed by atoms with Crippen LogP contribution in [0, 0.1) is 18.3 Å². The summed E-state index contributed by atoms with van der Waals surface area (Å²) in [6.07, 6.45) is 4.51. The van der Waals surface area contributed by atoms with Crippen molar-refractivity contribution in [1.29, 1.82) is 5.26 Å². The molecule has 100 valence electrons. The second-order valence-electron chi connectivity index (χ2n) is 4.58. The number of nitrogens with one attached hydrogen (secondary N) is 1. The summed E-state index contributed by atoms with van der Waals surface area (Å²) in [4.78, 5) is 4.23. The van der Waals surface area contributed by atoms with Crippen molar-refractivity contribution in [2.75, 3.05) is 12.3 Å². The van der Waals surface area contributed by atoms with E-state index in [1.165, 1.54) is 0 Å². The van der Waals surface area contributed by atoms with Crippen molar-refractivity contribution in [3.63, 3.8) is 0 Å². The number of nitriles is 1. The van der Waals surface area contributed by atoms with Crippen LogP contribution in [0.2, 0.25) is 0 Å². The van der Waals surface area contributed by atoms with Crippen LogP contribution in [-0.2, 0) is 0 Å². The number of nitrogens with zero attached hydrogens (tertiary/aromatic N) is 2. The lowest BCUT2D eigenvalue weighted by atomic mass is 9.98. The van der Waals surface area contributed by atoms with Gasteiger partial charge < -0.3 is 4.42 Å². The first-order valence-corrected chi connectivity index (χ1v) is 7.29. The van der Waals surface area contributed by atoms with Gasteiger partial charge in [-0.25, -0.2) is 4.98 Å².